The van der Waals surface area contributed by atoms with Crippen molar-refractivity contribution < 1.29 is 13.2 Å². The summed E-state index contributed by atoms with van der Waals surface area (Å²) in [6.07, 6.45) is 5.54. The molecule has 154 valence electrons. The van der Waals surface area contributed by atoms with Crippen LogP contribution in [0.2, 0.25) is 0 Å². The number of methoxy groups -OCH3 is 1. The Morgan fingerprint density at radius 3 is 2.57 bits per heavy atom. The van der Waals surface area contributed by atoms with Crippen LogP contribution in [0.15, 0.2) is 35.4 Å². The van der Waals surface area contributed by atoms with Crippen LogP contribution in [0.25, 0.3) is 0 Å². The number of rotatable bonds is 8. The molecule has 0 saturated carbocycles. The standard InChI is InChI=1S/C21H31N3O3S/c1-17-7-4-5-8-20(17)28(25,26)23-12-9-19(10-13-23)15-21-22-16-18(2)24(21)11-6-14-27-3/h4-5,7-8,16,19H,6,9-15H2,1-3H3. The first-order valence-electron chi connectivity index (χ1n) is 9.99. The van der Waals surface area contributed by atoms with Gasteiger partial charge in [0.2, 0.25) is 10.0 Å². The fraction of sp³-hybridized carbons (Fsp3) is 0.571. The summed E-state index contributed by atoms with van der Waals surface area (Å²) in [5.74, 6) is 1.57. The minimum atomic E-state index is -3.41. The van der Waals surface area contributed by atoms with Gasteiger partial charge in [0.15, 0.2) is 0 Å². The Balaban J connectivity index is 1.61. The zero-order chi connectivity index (χ0) is 20.1. The van der Waals surface area contributed by atoms with E-state index in [9.17, 15) is 8.42 Å². The lowest BCUT2D eigenvalue weighted by atomic mass is 9.94. The van der Waals surface area contributed by atoms with Crippen molar-refractivity contribution in [3.8, 4) is 0 Å². The molecule has 6 nitrogen and oxygen atoms in total. The highest BCUT2D eigenvalue weighted by Gasteiger charge is 2.30. The summed E-state index contributed by atoms with van der Waals surface area (Å²) in [5, 5.41) is 0. The Bertz CT molecular complexity index is 884. The van der Waals surface area contributed by atoms with Crippen LogP contribution in [0.1, 0.15) is 36.3 Å². The first-order valence-corrected chi connectivity index (χ1v) is 11.4. The lowest BCUT2D eigenvalue weighted by Crippen LogP contribution is -2.39. The Morgan fingerprint density at radius 2 is 1.89 bits per heavy atom. The van der Waals surface area contributed by atoms with Crippen LogP contribution in [-0.2, 0) is 27.7 Å². The molecule has 0 aliphatic carbocycles. The normalized spacial score (nSPS) is 16.5. The molecule has 7 heteroatoms. The number of aromatic nitrogens is 2. The maximum Gasteiger partial charge on any atom is 0.243 e. The molecule has 1 aliphatic heterocycles. The molecule has 0 radical (unpaired) electrons. The highest BCUT2D eigenvalue weighted by molar-refractivity contribution is 7.89. The van der Waals surface area contributed by atoms with Crippen molar-refractivity contribution in [2.24, 2.45) is 5.92 Å². The number of nitrogens with zero attached hydrogens (tertiary/aromatic N) is 3. The fourth-order valence-corrected chi connectivity index (χ4v) is 5.64. The van der Waals surface area contributed by atoms with Gasteiger partial charge in [0.25, 0.3) is 0 Å². The summed E-state index contributed by atoms with van der Waals surface area (Å²) in [6, 6.07) is 7.22. The first-order chi connectivity index (χ1) is 13.4. The smallest absolute Gasteiger partial charge is 0.243 e. The van der Waals surface area contributed by atoms with Crippen molar-refractivity contribution in [3.63, 3.8) is 0 Å². The number of piperidine rings is 1. The van der Waals surface area contributed by atoms with E-state index in [-0.39, 0.29) is 0 Å². The summed E-state index contributed by atoms with van der Waals surface area (Å²) in [7, 11) is -1.69. The van der Waals surface area contributed by atoms with Crippen molar-refractivity contribution in [3.05, 3.63) is 47.5 Å². The number of ether oxygens (including phenoxy) is 1. The molecule has 2 aromatic rings. The van der Waals surface area contributed by atoms with Crippen LogP contribution in [0.5, 0.6) is 0 Å². The highest BCUT2D eigenvalue weighted by Crippen LogP contribution is 2.27. The van der Waals surface area contributed by atoms with E-state index in [4.69, 9.17) is 4.74 Å². The second-order valence-corrected chi connectivity index (χ2v) is 9.54. The molecule has 1 saturated heterocycles. The van der Waals surface area contributed by atoms with Gasteiger partial charge in [-0.15, -0.1) is 0 Å². The quantitative estimate of drug-likeness (QED) is 0.633. The molecule has 0 amide bonds. The Hall–Kier alpha value is -1.70. The Labute approximate surface area is 168 Å². The van der Waals surface area contributed by atoms with Crippen molar-refractivity contribution in [2.75, 3.05) is 26.8 Å². The molecule has 1 fully saturated rings. The van der Waals surface area contributed by atoms with E-state index >= 15 is 0 Å². The lowest BCUT2D eigenvalue weighted by molar-refractivity contribution is 0.189. The molecular weight excluding hydrogens is 374 g/mol. The van der Waals surface area contributed by atoms with E-state index in [0.717, 1.165) is 50.2 Å². The van der Waals surface area contributed by atoms with Crippen molar-refractivity contribution in [2.45, 2.75) is 51.0 Å². The Morgan fingerprint density at radius 1 is 1.18 bits per heavy atom. The van der Waals surface area contributed by atoms with Crippen LogP contribution in [0.3, 0.4) is 0 Å². The van der Waals surface area contributed by atoms with Gasteiger partial charge in [-0.3, -0.25) is 0 Å². The van der Waals surface area contributed by atoms with E-state index in [0.29, 0.717) is 23.9 Å². The number of hydrogen-bond donors (Lipinski definition) is 0. The van der Waals surface area contributed by atoms with Gasteiger partial charge in [0, 0.05) is 51.7 Å². The monoisotopic (exact) mass is 405 g/mol. The molecule has 0 N–H and O–H groups in total. The molecular formula is C21H31N3O3S. The molecule has 3 rings (SSSR count). The summed E-state index contributed by atoms with van der Waals surface area (Å²) < 4.78 is 35.0. The zero-order valence-corrected chi connectivity index (χ0v) is 17.9. The van der Waals surface area contributed by atoms with Gasteiger partial charge in [-0.05, 0) is 50.7 Å². The van der Waals surface area contributed by atoms with Gasteiger partial charge < -0.3 is 9.30 Å². The lowest BCUT2D eigenvalue weighted by Gasteiger charge is -2.31. The van der Waals surface area contributed by atoms with E-state index in [1.807, 2.05) is 25.3 Å². The van der Waals surface area contributed by atoms with Crippen LogP contribution in [0.4, 0.5) is 0 Å². The summed E-state index contributed by atoms with van der Waals surface area (Å²) >= 11 is 0. The van der Waals surface area contributed by atoms with Crippen molar-refractivity contribution >= 4 is 10.0 Å². The molecule has 0 spiro atoms. The van der Waals surface area contributed by atoms with Crippen LogP contribution < -0.4 is 0 Å². The maximum atomic E-state index is 13.0. The second-order valence-electron chi connectivity index (χ2n) is 7.63. The zero-order valence-electron chi connectivity index (χ0n) is 17.1. The second kappa shape index (κ2) is 9.20. The average molecular weight is 406 g/mol. The van der Waals surface area contributed by atoms with Crippen molar-refractivity contribution in [1.82, 2.24) is 13.9 Å². The Kier molecular flexibility index (Phi) is 6.91. The molecule has 0 unspecified atom stereocenters. The molecule has 0 atom stereocenters. The topological polar surface area (TPSA) is 64.4 Å². The molecule has 28 heavy (non-hydrogen) atoms. The average Bonchev–Trinajstić information content (AvgIpc) is 3.02. The van der Waals surface area contributed by atoms with E-state index in [1.165, 1.54) is 5.69 Å². The molecule has 1 aromatic carbocycles. The SMILES string of the molecule is COCCCn1c(C)cnc1CC1CCN(S(=O)(=O)c2ccccc2C)CC1. The largest absolute Gasteiger partial charge is 0.385 e. The summed E-state index contributed by atoms with van der Waals surface area (Å²) in [6.45, 7) is 6.74. The maximum absolute atomic E-state index is 13.0. The molecule has 2 heterocycles. The number of benzene rings is 1. The number of imidazole rings is 1. The van der Waals surface area contributed by atoms with Gasteiger partial charge >= 0.3 is 0 Å². The van der Waals surface area contributed by atoms with Crippen LogP contribution in [0, 0.1) is 19.8 Å². The third kappa shape index (κ3) is 4.64. The third-order valence-corrected chi connectivity index (χ3v) is 7.68. The first kappa shape index (κ1) is 21.0. The minimum absolute atomic E-state index is 0.428. The highest BCUT2D eigenvalue weighted by atomic mass is 32.2. The molecule has 0 bridgehead atoms. The van der Waals surface area contributed by atoms with Crippen molar-refractivity contribution in [1.29, 1.82) is 0 Å². The predicted molar refractivity (Wildman–Crippen MR) is 110 cm³/mol. The predicted octanol–water partition coefficient (Wildman–Crippen LogP) is 3.18. The number of sulfonamides is 1. The van der Waals surface area contributed by atoms with Gasteiger partial charge in [-0.2, -0.15) is 4.31 Å². The van der Waals surface area contributed by atoms with Crippen LogP contribution >= 0.6 is 0 Å². The third-order valence-electron chi connectivity index (χ3n) is 5.62. The van der Waals surface area contributed by atoms with Gasteiger partial charge in [-0.25, -0.2) is 13.4 Å². The van der Waals surface area contributed by atoms with E-state index in [2.05, 4.69) is 16.5 Å². The van der Waals surface area contributed by atoms with Crippen LogP contribution in [-0.4, -0.2) is 49.1 Å². The number of aryl methyl sites for hydroxylation is 2. The van der Waals surface area contributed by atoms with Gasteiger partial charge in [0.1, 0.15) is 5.82 Å². The fourth-order valence-electron chi connectivity index (χ4n) is 3.94. The summed E-state index contributed by atoms with van der Waals surface area (Å²) in [4.78, 5) is 5.03. The van der Waals surface area contributed by atoms with E-state index < -0.39 is 10.0 Å². The minimum Gasteiger partial charge on any atom is -0.385 e. The van der Waals surface area contributed by atoms with E-state index in [1.54, 1.807) is 23.5 Å². The number of hydrogen-bond acceptors (Lipinski definition) is 4. The molecule has 1 aromatic heterocycles. The van der Waals surface area contributed by atoms with Gasteiger partial charge in [0.05, 0.1) is 4.90 Å². The van der Waals surface area contributed by atoms with Gasteiger partial charge in [-0.1, -0.05) is 18.2 Å². The summed E-state index contributed by atoms with van der Waals surface area (Å²) in [5.41, 5.74) is 1.98. The molecule has 1 aliphatic rings.